The van der Waals surface area contributed by atoms with Crippen LogP contribution in [0.1, 0.15) is 17.9 Å². The quantitative estimate of drug-likeness (QED) is 0.451. The van der Waals surface area contributed by atoms with Gasteiger partial charge in [0, 0.05) is 25.7 Å². The first-order valence-corrected chi connectivity index (χ1v) is 8.84. The third-order valence-electron chi connectivity index (χ3n) is 4.17. The Bertz CT molecular complexity index is 992. The number of para-hydroxylation sites is 1. The molecule has 1 heterocycles. The fraction of sp³-hybridized carbons (Fsp3) is 0.250. The number of nitriles is 1. The summed E-state index contributed by atoms with van der Waals surface area (Å²) in [7, 11) is 1.70. The minimum atomic E-state index is -4.38. The fourth-order valence-corrected chi connectivity index (χ4v) is 2.66. The van der Waals surface area contributed by atoms with Crippen LogP contribution in [0.4, 0.5) is 24.5 Å². The van der Waals surface area contributed by atoms with E-state index in [4.69, 9.17) is 9.68 Å². The Morgan fingerprint density at radius 1 is 1.10 bits per heavy atom. The van der Waals surface area contributed by atoms with Gasteiger partial charge in [-0.15, -0.1) is 10.2 Å². The summed E-state index contributed by atoms with van der Waals surface area (Å²) in [4.78, 5) is 1.51. The largest absolute Gasteiger partial charge is 0.421 e. The van der Waals surface area contributed by atoms with Gasteiger partial charge in [-0.25, -0.2) is 0 Å². The number of benzene rings is 2. The normalized spacial score (nSPS) is 11.1. The summed E-state index contributed by atoms with van der Waals surface area (Å²) >= 11 is 0. The van der Waals surface area contributed by atoms with Gasteiger partial charge in [-0.3, -0.25) is 0 Å². The van der Waals surface area contributed by atoms with Crippen molar-refractivity contribution in [3.05, 3.63) is 60.0 Å². The van der Waals surface area contributed by atoms with Crippen LogP contribution < -0.4 is 5.32 Å². The summed E-state index contributed by atoms with van der Waals surface area (Å²) < 4.78 is 43.9. The summed E-state index contributed by atoms with van der Waals surface area (Å²) in [5.74, 6) is 0.763. The highest BCUT2D eigenvalue weighted by Crippen LogP contribution is 2.32. The van der Waals surface area contributed by atoms with E-state index in [-0.39, 0.29) is 0 Å². The first kappa shape index (κ1) is 20.2. The number of nitrogens with one attached hydrogen (secondary N) is 1. The summed E-state index contributed by atoms with van der Waals surface area (Å²) in [6.45, 7) is 0.584. The highest BCUT2D eigenvalue weighted by molar-refractivity contribution is 5.76. The summed E-state index contributed by atoms with van der Waals surface area (Å²) in [6.07, 6.45) is -1.13. The van der Waals surface area contributed by atoms with E-state index in [0.717, 1.165) is 12.1 Å². The maximum atomic E-state index is 12.7. The standard InChI is InChI=1S/C20H18F3N5O/c1-28(13-24)12-4-7-18-26-27-19(29-18)16-5-2-3-6-17(16)25-15-10-8-14(9-11-15)20(21,22)23/h2-3,5-6,8-11,25H,4,7,12H2,1H3. The Balaban J connectivity index is 1.73. The Morgan fingerprint density at radius 2 is 1.83 bits per heavy atom. The van der Waals surface area contributed by atoms with Crippen molar-refractivity contribution >= 4 is 11.4 Å². The Hall–Kier alpha value is -3.54. The second kappa shape index (κ2) is 8.65. The molecule has 3 rings (SSSR count). The van der Waals surface area contributed by atoms with Gasteiger partial charge in [-0.2, -0.15) is 18.4 Å². The smallest absolute Gasteiger partial charge is 0.416 e. The van der Waals surface area contributed by atoms with Crippen molar-refractivity contribution in [2.45, 2.75) is 19.0 Å². The van der Waals surface area contributed by atoms with E-state index in [1.165, 1.54) is 17.0 Å². The maximum Gasteiger partial charge on any atom is 0.416 e. The highest BCUT2D eigenvalue weighted by Gasteiger charge is 2.30. The van der Waals surface area contributed by atoms with Gasteiger partial charge in [-0.1, -0.05) is 12.1 Å². The molecule has 1 N–H and O–H groups in total. The molecule has 0 saturated carbocycles. The molecule has 150 valence electrons. The number of halogens is 3. The Labute approximate surface area is 165 Å². The third-order valence-corrected chi connectivity index (χ3v) is 4.17. The number of anilines is 2. The van der Waals surface area contributed by atoms with Crippen molar-refractivity contribution in [3.63, 3.8) is 0 Å². The van der Waals surface area contributed by atoms with Crippen LogP contribution in [0.3, 0.4) is 0 Å². The molecule has 0 aliphatic carbocycles. The molecule has 0 bridgehead atoms. The molecule has 0 fully saturated rings. The van der Waals surface area contributed by atoms with Gasteiger partial charge < -0.3 is 14.6 Å². The van der Waals surface area contributed by atoms with E-state index in [1.54, 1.807) is 31.3 Å². The van der Waals surface area contributed by atoms with Gasteiger partial charge in [-0.05, 0) is 42.8 Å². The monoisotopic (exact) mass is 401 g/mol. The highest BCUT2D eigenvalue weighted by atomic mass is 19.4. The molecular formula is C20H18F3N5O. The maximum absolute atomic E-state index is 12.7. The lowest BCUT2D eigenvalue weighted by molar-refractivity contribution is -0.137. The van der Waals surface area contributed by atoms with Crippen LogP contribution in [0.2, 0.25) is 0 Å². The number of aryl methyl sites for hydroxylation is 1. The van der Waals surface area contributed by atoms with Gasteiger partial charge in [0.25, 0.3) is 0 Å². The zero-order chi connectivity index (χ0) is 20.9. The van der Waals surface area contributed by atoms with Crippen LogP contribution in [0.5, 0.6) is 0 Å². The molecule has 0 unspecified atom stereocenters. The van der Waals surface area contributed by atoms with Gasteiger partial charge >= 0.3 is 6.18 Å². The van der Waals surface area contributed by atoms with Crippen LogP contribution >= 0.6 is 0 Å². The van der Waals surface area contributed by atoms with Crippen LogP contribution in [0, 0.1) is 11.5 Å². The van der Waals surface area contributed by atoms with Crippen molar-refractivity contribution in [1.82, 2.24) is 15.1 Å². The first-order chi connectivity index (χ1) is 13.9. The molecular weight excluding hydrogens is 383 g/mol. The summed E-state index contributed by atoms with van der Waals surface area (Å²) in [5, 5.41) is 19.9. The predicted molar refractivity (Wildman–Crippen MR) is 101 cm³/mol. The molecule has 6 nitrogen and oxygen atoms in total. The van der Waals surface area contributed by atoms with Crippen LogP contribution in [0.25, 0.3) is 11.5 Å². The number of rotatable bonds is 7. The molecule has 9 heteroatoms. The minimum Gasteiger partial charge on any atom is -0.421 e. The van der Waals surface area contributed by atoms with Crippen LogP contribution in [0.15, 0.2) is 52.9 Å². The predicted octanol–water partition coefficient (Wildman–Crippen LogP) is 4.84. The Kier molecular flexibility index (Phi) is 6.02. The third kappa shape index (κ3) is 5.25. The lowest BCUT2D eigenvalue weighted by Crippen LogP contribution is -2.13. The molecule has 29 heavy (non-hydrogen) atoms. The Morgan fingerprint density at radius 3 is 2.52 bits per heavy atom. The number of alkyl halides is 3. The van der Waals surface area contributed by atoms with Gasteiger partial charge in [0.1, 0.15) is 0 Å². The molecule has 0 aliphatic heterocycles. The van der Waals surface area contributed by atoms with E-state index in [2.05, 4.69) is 15.5 Å². The molecule has 0 atom stereocenters. The number of aromatic nitrogens is 2. The number of hydrogen-bond acceptors (Lipinski definition) is 6. The topological polar surface area (TPSA) is 78.0 Å². The molecule has 0 radical (unpaired) electrons. The van der Waals surface area contributed by atoms with Crippen molar-refractivity contribution in [2.75, 3.05) is 18.9 Å². The van der Waals surface area contributed by atoms with Gasteiger partial charge in [0.05, 0.1) is 16.8 Å². The van der Waals surface area contributed by atoms with E-state index in [0.29, 0.717) is 48.1 Å². The van der Waals surface area contributed by atoms with Gasteiger partial charge in [0.15, 0.2) is 6.19 Å². The SMILES string of the molecule is CN(C#N)CCCc1nnc(-c2ccccc2Nc2ccc(C(F)(F)F)cc2)o1. The van der Waals surface area contributed by atoms with Crippen molar-refractivity contribution < 1.29 is 17.6 Å². The first-order valence-electron chi connectivity index (χ1n) is 8.84. The second-order valence-electron chi connectivity index (χ2n) is 6.37. The zero-order valence-electron chi connectivity index (χ0n) is 15.6. The van der Waals surface area contributed by atoms with Crippen LogP contribution in [-0.4, -0.2) is 28.7 Å². The molecule has 1 aromatic heterocycles. The fourth-order valence-electron chi connectivity index (χ4n) is 2.66. The van der Waals surface area contributed by atoms with E-state index in [1.807, 2.05) is 6.19 Å². The number of hydrogen-bond donors (Lipinski definition) is 1. The lowest BCUT2D eigenvalue weighted by Gasteiger charge is -2.11. The molecule has 2 aromatic carbocycles. The van der Waals surface area contributed by atoms with Crippen LogP contribution in [-0.2, 0) is 12.6 Å². The summed E-state index contributed by atoms with van der Waals surface area (Å²) in [5.41, 5.74) is 1.07. The molecule has 0 amide bonds. The zero-order valence-corrected chi connectivity index (χ0v) is 15.6. The molecule has 0 spiro atoms. The van der Waals surface area contributed by atoms with Gasteiger partial charge in [0.2, 0.25) is 11.8 Å². The van der Waals surface area contributed by atoms with Crippen molar-refractivity contribution in [1.29, 1.82) is 5.26 Å². The molecule has 3 aromatic rings. The summed E-state index contributed by atoms with van der Waals surface area (Å²) in [6, 6.07) is 11.9. The molecule has 0 saturated heterocycles. The van der Waals surface area contributed by atoms with E-state index < -0.39 is 11.7 Å². The molecule has 0 aliphatic rings. The van der Waals surface area contributed by atoms with Crippen molar-refractivity contribution in [2.24, 2.45) is 0 Å². The average Bonchev–Trinajstić information content (AvgIpc) is 3.16. The van der Waals surface area contributed by atoms with Crippen molar-refractivity contribution in [3.8, 4) is 17.6 Å². The van der Waals surface area contributed by atoms with E-state index >= 15 is 0 Å². The minimum absolute atomic E-state index is 0.309. The lowest BCUT2D eigenvalue weighted by atomic mass is 10.1. The average molecular weight is 401 g/mol. The van der Waals surface area contributed by atoms with E-state index in [9.17, 15) is 13.2 Å². The number of nitrogens with zero attached hydrogens (tertiary/aromatic N) is 4. The second-order valence-corrected chi connectivity index (χ2v) is 6.37.